The SMILES string of the molecule is CNC(C)(COc1ccc(CCO)cc1)C(N)=O. The van der Waals surface area contributed by atoms with Crippen molar-refractivity contribution in [3.8, 4) is 5.75 Å². The lowest BCUT2D eigenvalue weighted by Crippen LogP contribution is -2.55. The first-order valence-electron chi connectivity index (χ1n) is 5.83. The number of amides is 1. The van der Waals surface area contributed by atoms with Crippen LogP contribution >= 0.6 is 0 Å². The fraction of sp³-hybridized carbons (Fsp3) is 0.462. The van der Waals surface area contributed by atoms with E-state index in [1.807, 2.05) is 24.3 Å². The van der Waals surface area contributed by atoms with Gasteiger partial charge in [0.2, 0.25) is 5.91 Å². The van der Waals surface area contributed by atoms with Crippen LogP contribution < -0.4 is 15.8 Å². The Hall–Kier alpha value is -1.59. The molecule has 1 amide bonds. The van der Waals surface area contributed by atoms with Gasteiger partial charge in [-0.25, -0.2) is 0 Å². The van der Waals surface area contributed by atoms with Crippen molar-refractivity contribution in [2.75, 3.05) is 20.3 Å². The number of hydrogen-bond acceptors (Lipinski definition) is 4. The smallest absolute Gasteiger partial charge is 0.240 e. The number of benzene rings is 1. The summed E-state index contributed by atoms with van der Waals surface area (Å²) in [5, 5.41) is 11.6. The molecule has 1 atom stereocenters. The Kier molecular flexibility index (Phi) is 5.12. The summed E-state index contributed by atoms with van der Waals surface area (Å²) in [7, 11) is 1.67. The largest absolute Gasteiger partial charge is 0.491 e. The number of ether oxygens (including phenoxy) is 1. The lowest BCUT2D eigenvalue weighted by molar-refractivity contribution is -0.124. The molecular weight excluding hydrogens is 232 g/mol. The highest BCUT2D eigenvalue weighted by molar-refractivity contribution is 5.84. The number of aliphatic hydroxyl groups excluding tert-OH is 1. The van der Waals surface area contributed by atoms with Gasteiger partial charge in [-0.1, -0.05) is 12.1 Å². The summed E-state index contributed by atoms with van der Waals surface area (Å²) in [6, 6.07) is 7.38. The zero-order valence-corrected chi connectivity index (χ0v) is 10.8. The van der Waals surface area contributed by atoms with Gasteiger partial charge >= 0.3 is 0 Å². The van der Waals surface area contributed by atoms with Gasteiger partial charge in [-0.2, -0.15) is 0 Å². The fourth-order valence-corrected chi connectivity index (χ4v) is 1.38. The van der Waals surface area contributed by atoms with E-state index in [2.05, 4.69) is 5.32 Å². The number of nitrogens with one attached hydrogen (secondary N) is 1. The van der Waals surface area contributed by atoms with Crippen LogP contribution in [0.1, 0.15) is 12.5 Å². The topological polar surface area (TPSA) is 84.6 Å². The summed E-state index contributed by atoms with van der Waals surface area (Å²) in [6.45, 7) is 1.98. The van der Waals surface area contributed by atoms with E-state index in [0.29, 0.717) is 12.2 Å². The van der Waals surface area contributed by atoms with E-state index in [0.717, 1.165) is 5.56 Å². The molecule has 1 unspecified atom stereocenters. The van der Waals surface area contributed by atoms with Crippen molar-refractivity contribution >= 4 is 5.91 Å². The van der Waals surface area contributed by atoms with Crippen LogP contribution in [0.2, 0.25) is 0 Å². The molecule has 0 radical (unpaired) electrons. The average molecular weight is 252 g/mol. The second kappa shape index (κ2) is 6.37. The summed E-state index contributed by atoms with van der Waals surface area (Å²) in [4.78, 5) is 11.3. The van der Waals surface area contributed by atoms with Crippen LogP contribution in [0, 0.1) is 0 Å². The molecule has 0 aliphatic heterocycles. The second-order valence-corrected chi connectivity index (χ2v) is 4.35. The number of carbonyl (C=O) groups excluding carboxylic acids is 1. The molecule has 0 spiro atoms. The minimum Gasteiger partial charge on any atom is -0.491 e. The molecule has 1 rings (SSSR count). The molecule has 5 nitrogen and oxygen atoms in total. The van der Waals surface area contributed by atoms with Crippen molar-refractivity contribution in [3.05, 3.63) is 29.8 Å². The highest BCUT2D eigenvalue weighted by atomic mass is 16.5. The van der Waals surface area contributed by atoms with Crippen molar-refractivity contribution in [1.82, 2.24) is 5.32 Å². The van der Waals surface area contributed by atoms with Crippen molar-refractivity contribution in [3.63, 3.8) is 0 Å². The fourth-order valence-electron chi connectivity index (χ4n) is 1.38. The minimum absolute atomic E-state index is 0.125. The number of carbonyl (C=O) groups is 1. The number of aliphatic hydroxyl groups is 1. The van der Waals surface area contributed by atoms with Crippen molar-refractivity contribution < 1.29 is 14.6 Å². The maximum atomic E-state index is 11.3. The Morgan fingerprint density at radius 1 is 1.44 bits per heavy atom. The third-order valence-corrected chi connectivity index (χ3v) is 2.95. The third kappa shape index (κ3) is 3.72. The summed E-state index contributed by atoms with van der Waals surface area (Å²) >= 11 is 0. The van der Waals surface area contributed by atoms with Crippen LogP contribution in [0.4, 0.5) is 0 Å². The molecule has 0 fully saturated rings. The zero-order valence-electron chi connectivity index (χ0n) is 10.8. The maximum Gasteiger partial charge on any atom is 0.240 e. The molecule has 0 aliphatic carbocycles. The van der Waals surface area contributed by atoms with Gasteiger partial charge in [0.05, 0.1) is 0 Å². The van der Waals surface area contributed by atoms with Gasteiger partial charge < -0.3 is 20.9 Å². The molecule has 18 heavy (non-hydrogen) atoms. The Balaban J connectivity index is 2.60. The highest BCUT2D eigenvalue weighted by Gasteiger charge is 2.29. The van der Waals surface area contributed by atoms with Gasteiger partial charge in [0, 0.05) is 6.61 Å². The average Bonchev–Trinajstić information content (AvgIpc) is 2.37. The lowest BCUT2D eigenvalue weighted by atomic mass is 10.0. The zero-order chi connectivity index (χ0) is 13.6. The summed E-state index contributed by atoms with van der Waals surface area (Å²) in [5.74, 6) is 0.210. The van der Waals surface area contributed by atoms with Crippen molar-refractivity contribution in [1.29, 1.82) is 0 Å². The maximum absolute atomic E-state index is 11.3. The van der Waals surface area contributed by atoms with E-state index in [1.54, 1.807) is 14.0 Å². The Bertz CT molecular complexity index is 392. The summed E-state index contributed by atoms with van der Waals surface area (Å²) in [5.41, 5.74) is 5.45. The van der Waals surface area contributed by atoms with Gasteiger partial charge in [0.25, 0.3) is 0 Å². The standard InChI is InChI=1S/C13H20N2O3/c1-13(15-2,12(14)17)9-18-11-5-3-10(4-6-11)7-8-16/h3-6,15-16H,7-9H2,1-2H3,(H2,14,17). The number of primary amides is 1. The molecule has 0 aliphatic rings. The van der Waals surface area contributed by atoms with Gasteiger partial charge in [-0.05, 0) is 38.1 Å². The van der Waals surface area contributed by atoms with E-state index >= 15 is 0 Å². The van der Waals surface area contributed by atoms with E-state index in [4.69, 9.17) is 15.6 Å². The molecule has 0 aromatic heterocycles. The van der Waals surface area contributed by atoms with Gasteiger partial charge in [0.1, 0.15) is 17.9 Å². The third-order valence-electron chi connectivity index (χ3n) is 2.95. The quantitative estimate of drug-likeness (QED) is 0.641. The van der Waals surface area contributed by atoms with Crippen molar-refractivity contribution in [2.45, 2.75) is 18.9 Å². The first-order chi connectivity index (χ1) is 8.51. The van der Waals surface area contributed by atoms with E-state index < -0.39 is 11.4 Å². The molecule has 1 aromatic rings. The predicted octanol–water partition coefficient (Wildman–Crippen LogP) is 0.0636. The minimum atomic E-state index is -0.885. The van der Waals surface area contributed by atoms with E-state index in [9.17, 15) is 4.79 Å². The molecule has 1 aromatic carbocycles. The van der Waals surface area contributed by atoms with Crippen LogP contribution in [-0.2, 0) is 11.2 Å². The number of likely N-dealkylation sites (N-methyl/N-ethyl adjacent to an activating group) is 1. The first-order valence-corrected chi connectivity index (χ1v) is 5.83. The molecular formula is C13H20N2O3. The van der Waals surface area contributed by atoms with Gasteiger partial charge in [-0.3, -0.25) is 4.79 Å². The van der Waals surface area contributed by atoms with Gasteiger partial charge in [-0.15, -0.1) is 0 Å². The molecule has 0 bridgehead atoms. The Morgan fingerprint density at radius 2 is 2.06 bits per heavy atom. The molecule has 4 N–H and O–H groups in total. The van der Waals surface area contributed by atoms with Crippen LogP contribution in [-0.4, -0.2) is 36.8 Å². The Morgan fingerprint density at radius 3 is 2.50 bits per heavy atom. The molecule has 100 valence electrons. The van der Waals surface area contributed by atoms with Crippen LogP contribution in [0.3, 0.4) is 0 Å². The van der Waals surface area contributed by atoms with Gasteiger partial charge in [0.15, 0.2) is 0 Å². The highest BCUT2D eigenvalue weighted by Crippen LogP contribution is 2.14. The van der Waals surface area contributed by atoms with E-state index in [-0.39, 0.29) is 13.2 Å². The van der Waals surface area contributed by atoms with Crippen molar-refractivity contribution in [2.24, 2.45) is 5.73 Å². The molecule has 5 heteroatoms. The van der Waals surface area contributed by atoms with E-state index in [1.165, 1.54) is 0 Å². The summed E-state index contributed by atoms with van der Waals surface area (Å²) < 4.78 is 5.53. The lowest BCUT2D eigenvalue weighted by Gasteiger charge is -2.25. The van der Waals surface area contributed by atoms with Crippen LogP contribution in [0.5, 0.6) is 5.75 Å². The summed E-state index contributed by atoms with van der Waals surface area (Å²) in [6.07, 6.45) is 0.621. The second-order valence-electron chi connectivity index (χ2n) is 4.35. The number of nitrogens with two attached hydrogens (primary N) is 1. The van der Waals surface area contributed by atoms with Crippen LogP contribution in [0.15, 0.2) is 24.3 Å². The predicted molar refractivity (Wildman–Crippen MR) is 69.4 cm³/mol. The molecule has 0 heterocycles. The first kappa shape index (κ1) is 14.5. The normalized spacial score (nSPS) is 13.9. The molecule has 0 saturated heterocycles. The Labute approximate surface area is 107 Å². The number of hydrogen-bond donors (Lipinski definition) is 3. The molecule has 0 saturated carbocycles. The number of rotatable bonds is 7. The monoisotopic (exact) mass is 252 g/mol. The van der Waals surface area contributed by atoms with Crippen LogP contribution in [0.25, 0.3) is 0 Å².